The SMILES string of the molecule is COc1ccc(Cn2cc(NC(=O)NCC3CCOCC3)cn2)cc1. The zero-order valence-electron chi connectivity index (χ0n) is 14.4. The molecule has 7 heteroatoms. The lowest BCUT2D eigenvalue weighted by atomic mass is 10.0. The Kier molecular flexibility index (Phi) is 5.90. The van der Waals surface area contributed by atoms with Crippen molar-refractivity contribution >= 4 is 11.7 Å². The Morgan fingerprint density at radius 2 is 2.08 bits per heavy atom. The van der Waals surface area contributed by atoms with Gasteiger partial charge in [-0.05, 0) is 36.5 Å². The van der Waals surface area contributed by atoms with E-state index in [4.69, 9.17) is 9.47 Å². The molecule has 0 radical (unpaired) electrons. The summed E-state index contributed by atoms with van der Waals surface area (Å²) < 4.78 is 12.3. The molecule has 1 saturated heterocycles. The Labute approximate surface area is 147 Å². The monoisotopic (exact) mass is 344 g/mol. The Morgan fingerprint density at radius 1 is 1.32 bits per heavy atom. The third-order valence-electron chi connectivity index (χ3n) is 4.29. The summed E-state index contributed by atoms with van der Waals surface area (Å²) in [4.78, 5) is 12.0. The normalized spacial score (nSPS) is 14.9. The molecule has 0 unspecified atom stereocenters. The minimum Gasteiger partial charge on any atom is -0.497 e. The van der Waals surface area contributed by atoms with Crippen molar-refractivity contribution in [3.05, 3.63) is 42.2 Å². The molecule has 2 heterocycles. The van der Waals surface area contributed by atoms with E-state index in [1.54, 1.807) is 18.0 Å². The fraction of sp³-hybridized carbons (Fsp3) is 0.444. The molecule has 1 fully saturated rings. The number of nitrogens with one attached hydrogen (secondary N) is 2. The molecule has 1 aliphatic heterocycles. The lowest BCUT2D eigenvalue weighted by Gasteiger charge is -2.22. The Bertz CT molecular complexity index is 678. The molecular weight excluding hydrogens is 320 g/mol. The molecule has 1 aromatic carbocycles. The minimum absolute atomic E-state index is 0.199. The number of nitrogens with zero attached hydrogens (tertiary/aromatic N) is 2. The molecule has 0 bridgehead atoms. The van der Waals surface area contributed by atoms with Gasteiger partial charge in [-0.25, -0.2) is 4.79 Å². The van der Waals surface area contributed by atoms with E-state index in [1.165, 1.54) is 0 Å². The second kappa shape index (κ2) is 8.53. The number of methoxy groups -OCH3 is 1. The van der Waals surface area contributed by atoms with Gasteiger partial charge in [0.15, 0.2) is 0 Å². The number of hydrogen-bond acceptors (Lipinski definition) is 4. The Morgan fingerprint density at radius 3 is 2.80 bits per heavy atom. The van der Waals surface area contributed by atoms with E-state index in [0.717, 1.165) is 37.4 Å². The third-order valence-corrected chi connectivity index (χ3v) is 4.29. The van der Waals surface area contributed by atoms with E-state index in [9.17, 15) is 4.79 Å². The number of carbonyl (C=O) groups is 1. The zero-order chi connectivity index (χ0) is 17.5. The largest absolute Gasteiger partial charge is 0.497 e. The molecule has 25 heavy (non-hydrogen) atoms. The van der Waals surface area contributed by atoms with Gasteiger partial charge in [-0.2, -0.15) is 5.10 Å². The second-order valence-electron chi connectivity index (χ2n) is 6.17. The highest BCUT2D eigenvalue weighted by atomic mass is 16.5. The van der Waals surface area contributed by atoms with Crippen LogP contribution in [0.2, 0.25) is 0 Å². The van der Waals surface area contributed by atoms with Crippen molar-refractivity contribution < 1.29 is 14.3 Å². The van der Waals surface area contributed by atoms with E-state index in [0.29, 0.717) is 24.7 Å². The predicted octanol–water partition coefficient (Wildman–Crippen LogP) is 2.49. The number of carbonyl (C=O) groups excluding carboxylic acids is 1. The van der Waals surface area contributed by atoms with Crippen molar-refractivity contribution in [2.45, 2.75) is 19.4 Å². The van der Waals surface area contributed by atoms with Crippen molar-refractivity contribution in [3.8, 4) is 5.75 Å². The molecule has 0 saturated carbocycles. The van der Waals surface area contributed by atoms with Crippen LogP contribution in [0.15, 0.2) is 36.7 Å². The maximum Gasteiger partial charge on any atom is 0.319 e. The molecular formula is C18H24N4O3. The molecule has 3 rings (SSSR count). The van der Waals surface area contributed by atoms with Crippen molar-refractivity contribution in [3.63, 3.8) is 0 Å². The Hall–Kier alpha value is -2.54. The van der Waals surface area contributed by atoms with Gasteiger partial charge in [0.2, 0.25) is 0 Å². The molecule has 7 nitrogen and oxygen atoms in total. The van der Waals surface area contributed by atoms with Gasteiger partial charge in [0.1, 0.15) is 5.75 Å². The van der Waals surface area contributed by atoms with Crippen LogP contribution in [0.1, 0.15) is 18.4 Å². The van der Waals surface area contributed by atoms with Crippen LogP contribution in [0.4, 0.5) is 10.5 Å². The van der Waals surface area contributed by atoms with Crippen LogP contribution >= 0.6 is 0 Å². The fourth-order valence-corrected chi connectivity index (χ4v) is 2.80. The summed E-state index contributed by atoms with van der Waals surface area (Å²) in [6, 6.07) is 7.63. The van der Waals surface area contributed by atoms with Gasteiger partial charge < -0.3 is 20.1 Å². The van der Waals surface area contributed by atoms with Gasteiger partial charge in [-0.1, -0.05) is 12.1 Å². The van der Waals surface area contributed by atoms with Gasteiger partial charge >= 0.3 is 6.03 Å². The fourth-order valence-electron chi connectivity index (χ4n) is 2.80. The van der Waals surface area contributed by atoms with Crippen LogP contribution in [0.5, 0.6) is 5.75 Å². The smallest absolute Gasteiger partial charge is 0.319 e. The maximum atomic E-state index is 12.0. The van der Waals surface area contributed by atoms with Crippen LogP contribution < -0.4 is 15.4 Å². The highest BCUT2D eigenvalue weighted by Gasteiger charge is 2.14. The summed E-state index contributed by atoms with van der Waals surface area (Å²) in [7, 11) is 1.65. The van der Waals surface area contributed by atoms with Crippen LogP contribution in [-0.2, 0) is 11.3 Å². The first-order valence-corrected chi connectivity index (χ1v) is 8.51. The average Bonchev–Trinajstić information content (AvgIpc) is 3.08. The second-order valence-corrected chi connectivity index (χ2v) is 6.17. The van der Waals surface area contributed by atoms with Crippen LogP contribution in [0.3, 0.4) is 0 Å². The van der Waals surface area contributed by atoms with Crippen molar-refractivity contribution in [1.29, 1.82) is 0 Å². The van der Waals surface area contributed by atoms with Gasteiger partial charge in [-0.3, -0.25) is 4.68 Å². The van der Waals surface area contributed by atoms with Crippen LogP contribution in [-0.4, -0.2) is 42.7 Å². The number of urea groups is 1. The first-order chi connectivity index (χ1) is 12.2. The quantitative estimate of drug-likeness (QED) is 0.844. The van der Waals surface area contributed by atoms with E-state index >= 15 is 0 Å². The van der Waals surface area contributed by atoms with E-state index in [1.807, 2.05) is 30.5 Å². The molecule has 1 aromatic heterocycles. The van der Waals surface area contributed by atoms with Gasteiger partial charge in [0.25, 0.3) is 0 Å². The lowest BCUT2D eigenvalue weighted by molar-refractivity contribution is 0.0671. The van der Waals surface area contributed by atoms with Gasteiger partial charge in [-0.15, -0.1) is 0 Å². The highest BCUT2D eigenvalue weighted by molar-refractivity contribution is 5.88. The number of ether oxygens (including phenoxy) is 2. The first-order valence-electron chi connectivity index (χ1n) is 8.51. The summed E-state index contributed by atoms with van der Waals surface area (Å²) in [6.07, 6.45) is 5.47. The number of hydrogen-bond donors (Lipinski definition) is 2. The third kappa shape index (κ3) is 5.22. The number of rotatable bonds is 6. The number of anilines is 1. The van der Waals surface area contributed by atoms with Crippen molar-refractivity contribution in [1.82, 2.24) is 15.1 Å². The average molecular weight is 344 g/mol. The first kappa shape index (κ1) is 17.3. The molecule has 0 atom stereocenters. The topological polar surface area (TPSA) is 77.4 Å². The minimum atomic E-state index is -0.199. The maximum absolute atomic E-state index is 12.0. The lowest BCUT2D eigenvalue weighted by Crippen LogP contribution is -2.34. The number of benzene rings is 1. The standard InChI is InChI=1S/C18H24N4O3/c1-24-17-4-2-15(3-5-17)12-22-13-16(11-20-22)21-18(23)19-10-14-6-8-25-9-7-14/h2-5,11,13-14H,6-10,12H2,1H3,(H2,19,21,23). The molecule has 0 spiro atoms. The predicted molar refractivity (Wildman–Crippen MR) is 94.9 cm³/mol. The van der Waals surface area contributed by atoms with Gasteiger partial charge in [0.05, 0.1) is 25.5 Å². The van der Waals surface area contributed by atoms with E-state index in [-0.39, 0.29) is 6.03 Å². The summed E-state index contributed by atoms with van der Waals surface area (Å²) in [6.45, 7) is 2.88. The van der Waals surface area contributed by atoms with E-state index in [2.05, 4.69) is 15.7 Å². The Balaban J connectivity index is 1.46. The molecule has 2 amide bonds. The molecule has 1 aliphatic rings. The number of aromatic nitrogens is 2. The van der Waals surface area contributed by atoms with Gasteiger partial charge in [0, 0.05) is 26.0 Å². The van der Waals surface area contributed by atoms with Crippen molar-refractivity contribution in [2.24, 2.45) is 5.92 Å². The summed E-state index contributed by atoms with van der Waals surface area (Å²) in [5, 5.41) is 10.0. The molecule has 2 N–H and O–H groups in total. The summed E-state index contributed by atoms with van der Waals surface area (Å²) >= 11 is 0. The summed E-state index contributed by atoms with van der Waals surface area (Å²) in [5.74, 6) is 1.32. The molecule has 2 aromatic rings. The molecule has 134 valence electrons. The summed E-state index contributed by atoms with van der Waals surface area (Å²) in [5.41, 5.74) is 1.79. The zero-order valence-corrected chi connectivity index (χ0v) is 14.4. The van der Waals surface area contributed by atoms with Crippen molar-refractivity contribution in [2.75, 3.05) is 32.2 Å². The highest BCUT2D eigenvalue weighted by Crippen LogP contribution is 2.14. The van der Waals surface area contributed by atoms with Crippen LogP contribution in [0.25, 0.3) is 0 Å². The number of amides is 2. The van der Waals surface area contributed by atoms with Crippen LogP contribution in [0, 0.1) is 5.92 Å². The van der Waals surface area contributed by atoms with E-state index < -0.39 is 0 Å². The molecule has 0 aliphatic carbocycles.